The lowest BCUT2D eigenvalue weighted by molar-refractivity contribution is -0.116. The molecule has 7 nitrogen and oxygen atoms in total. The van der Waals surface area contributed by atoms with Crippen LogP contribution in [-0.4, -0.2) is 32.3 Å². The van der Waals surface area contributed by atoms with Gasteiger partial charge < -0.3 is 15.2 Å². The van der Waals surface area contributed by atoms with E-state index in [1.165, 1.54) is 11.8 Å². The first kappa shape index (κ1) is 25.4. The number of benzene rings is 2. The Kier molecular flexibility index (Phi) is 9.05. The molecule has 12 heteroatoms. The number of rotatable bonds is 9. The van der Waals surface area contributed by atoms with Gasteiger partial charge in [0.05, 0.1) is 38.0 Å². The summed E-state index contributed by atoms with van der Waals surface area (Å²) in [6.45, 7) is 4.10. The highest BCUT2D eigenvalue weighted by Gasteiger charge is 2.17. The third-order valence-electron chi connectivity index (χ3n) is 4.19. The molecular weight excluding hydrogens is 528 g/mol. The van der Waals surface area contributed by atoms with Crippen molar-refractivity contribution in [3.8, 4) is 0 Å². The van der Waals surface area contributed by atoms with E-state index in [4.69, 9.17) is 46.4 Å². The zero-order chi connectivity index (χ0) is 24.0. The largest absolute Gasteiger partial charge is 0.325 e. The highest BCUT2D eigenvalue weighted by molar-refractivity contribution is 7.99. The number of carbonyl (C=O) groups excluding carboxylic acids is 2. The van der Waals surface area contributed by atoms with Crippen molar-refractivity contribution in [3.63, 3.8) is 0 Å². The highest BCUT2D eigenvalue weighted by atomic mass is 35.5. The van der Waals surface area contributed by atoms with Crippen molar-refractivity contribution in [2.75, 3.05) is 16.4 Å². The molecule has 172 valence electrons. The smallest absolute Gasteiger partial charge is 0.234 e. The van der Waals surface area contributed by atoms with Crippen molar-refractivity contribution in [2.45, 2.75) is 18.1 Å². The maximum atomic E-state index is 12.5. The number of amides is 2. The van der Waals surface area contributed by atoms with Crippen molar-refractivity contribution in [3.05, 3.63) is 75.0 Å². The molecule has 0 atom stereocenters. The molecule has 2 N–H and O–H groups in total. The van der Waals surface area contributed by atoms with Crippen molar-refractivity contribution in [1.82, 2.24) is 14.8 Å². The van der Waals surface area contributed by atoms with Crippen LogP contribution < -0.4 is 10.6 Å². The van der Waals surface area contributed by atoms with Gasteiger partial charge in [0.1, 0.15) is 5.82 Å². The van der Waals surface area contributed by atoms with E-state index in [2.05, 4.69) is 27.4 Å². The summed E-state index contributed by atoms with van der Waals surface area (Å²) in [6, 6.07) is 9.77. The molecule has 1 aromatic heterocycles. The second-order valence-corrected chi connectivity index (χ2v) is 9.13. The van der Waals surface area contributed by atoms with Gasteiger partial charge in [0.15, 0.2) is 5.16 Å². The van der Waals surface area contributed by atoms with Crippen molar-refractivity contribution < 1.29 is 9.59 Å². The van der Waals surface area contributed by atoms with Gasteiger partial charge in [0.25, 0.3) is 0 Å². The Balaban J connectivity index is 1.64. The van der Waals surface area contributed by atoms with Gasteiger partial charge in [-0.15, -0.1) is 16.8 Å². The van der Waals surface area contributed by atoms with Gasteiger partial charge in [-0.2, -0.15) is 0 Å². The second kappa shape index (κ2) is 11.8. The highest BCUT2D eigenvalue weighted by Crippen LogP contribution is 2.30. The first-order chi connectivity index (χ1) is 15.8. The molecule has 0 bridgehead atoms. The Morgan fingerprint density at radius 2 is 1.79 bits per heavy atom. The molecule has 0 saturated heterocycles. The fourth-order valence-electron chi connectivity index (χ4n) is 2.71. The minimum atomic E-state index is -0.342. The van der Waals surface area contributed by atoms with Gasteiger partial charge in [0, 0.05) is 12.2 Å². The summed E-state index contributed by atoms with van der Waals surface area (Å²) in [6.07, 6.45) is 1.60. The van der Waals surface area contributed by atoms with E-state index in [1.807, 2.05) is 0 Å². The van der Waals surface area contributed by atoms with E-state index in [-0.39, 0.29) is 29.0 Å². The minimum absolute atomic E-state index is 0.0558. The van der Waals surface area contributed by atoms with Crippen molar-refractivity contribution in [1.29, 1.82) is 0 Å². The SMILES string of the molecule is C=CCn1c(CC(=O)Nc2cccc(Cl)c2Cl)nnc1SCC(=O)Nc1ccc(Cl)c(Cl)c1. The molecule has 0 spiro atoms. The van der Waals surface area contributed by atoms with Gasteiger partial charge in [-0.1, -0.05) is 70.3 Å². The third-order valence-corrected chi connectivity index (χ3v) is 6.71. The normalized spacial score (nSPS) is 10.7. The summed E-state index contributed by atoms with van der Waals surface area (Å²) in [5, 5.41) is 15.5. The summed E-state index contributed by atoms with van der Waals surface area (Å²) in [7, 11) is 0. The van der Waals surface area contributed by atoms with Gasteiger partial charge in [-0.25, -0.2) is 0 Å². The van der Waals surface area contributed by atoms with Crippen LogP contribution in [0.3, 0.4) is 0 Å². The number of nitrogens with one attached hydrogen (secondary N) is 2. The molecule has 0 aliphatic carbocycles. The van der Waals surface area contributed by atoms with Gasteiger partial charge in [0.2, 0.25) is 11.8 Å². The Labute approximate surface area is 214 Å². The molecule has 1 heterocycles. The zero-order valence-corrected chi connectivity index (χ0v) is 20.8. The fourth-order valence-corrected chi connectivity index (χ4v) is 4.12. The van der Waals surface area contributed by atoms with E-state index >= 15 is 0 Å². The number of aromatic nitrogens is 3. The molecule has 0 fully saturated rings. The van der Waals surface area contributed by atoms with Crippen LogP contribution in [0, 0.1) is 0 Å². The number of hydrogen-bond acceptors (Lipinski definition) is 5. The summed E-state index contributed by atoms with van der Waals surface area (Å²) < 4.78 is 1.71. The summed E-state index contributed by atoms with van der Waals surface area (Å²) in [5.74, 6) is -0.120. The minimum Gasteiger partial charge on any atom is -0.325 e. The van der Waals surface area contributed by atoms with E-state index in [0.717, 1.165) is 0 Å². The zero-order valence-electron chi connectivity index (χ0n) is 16.9. The molecule has 0 aliphatic heterocycles. The average Bonchev–Trinajstić information content (AvgIpc) is 3.14. The summed E-state index contributed by atoms with van der Waals surface area (Å²) >= 11 is 25.1. The number of anilines is 2. The van der Waals surface area contributed by atoms with Crippen LogP contribution in [0.1, 0.15) is 5.82 Å². The monoisotopic (exact) mass is 543 g/mol. The van der Waals surface area contributed by atoms with Gasteiger partial charge in [-0.3, -0.25) is 9.59 Å². The molecule has 3 rings (SSSR count). The number of halogens is 4. The molecule has 0 aliphatic rings. The van der Waals surface area contributed by atoms with Crippen molar-refractivity contribution >= 4 is 81.4 Å². The molecule has 33 heavy (non-hydrogen) atoms. The molecule has 0 unspecified atom stereocenters. The summed E-state index contributed by atoms with van der Waals surface area (Å²) in [4.78, 5) is 24.8. The molecule has 2 amide bonds. The van der Waals surface area contributed by atoms with Crippen LogP contribution in [-0.2, 0) is 22.6 Å². The van der Waals surface area contributed by atoms with Gasteiger partial charge >= 0.3 is 0 Å². The van der Waals surface area contributed by atoms with E-state index < -0.39 is 0 Å². The topological polar surface area (TPSA) is 88.9 Å². The Morgan fingerprint density at radius 1 is 1.00 bits per heavy atom. The molecule has 0 saturated carbocycles. The van der Waals surface area contributed by atoms with E-state index in [1.54, 1.807) is 47.0 Å². The van der Waals surface area contributed by atoms with Crippen LogP contribution in [0.5, 0.6) is 0 Å². The van der Waals surface area contributed by atoms with E-state index in [9.17, 15) is 9.59 Å². The third kappa shape index (κ3) is 6.88. The lowest BCUT2D eigenvalue weighted by Gasteiger charge is -2.10. The van der Waals surface area contributed by atoms with Crippen molar-refractivity contribution in [2.24, 2.45) is 0 Å². The maximum Gasteiger partial charge on any atom is 0.234 e. The van der Waals surface area contributed by atoms with Crippen LogP contribution in [0.4, 0.5) is 11.4 Å². The first-order valence-corrected chi connectivity index (χ1v) is 11.9. The standard InChI is InChI=1S/C21H17Cl4N5O2S/c1-2-8-30-17(10-18(31)27-16-5-3-4-14(23)20(16)25)28-29-21(30)33-11-19(32)26-12-6-7-13(22)15(24)9-12/h2-7,9H,1,8,10-11H2,(H,26,32)(H,27,31). The van der Waals surface area contributed by atoms with E-state index in [0.29, 0.717) is 44.0 Å². The summed E-state index contributed by atoms with van der Waals surface area (Å²) in [5.41, 5.74) is 0.928. The first-order valence-electron chi connectivity index (χ1n) is 9.43. The van der Waals surface area contributed by atoms with Crippen LogP contribution >= 0.6 is 58.2 Å². The Bertz CT molecular complexity index is 1200. The lowest BCUT2D eigenvalue weighted by Crippen LogP contribution is -2.18. The second-order valence-electron chi connectivity index (χ2n) is 6.59. The van der Waals surface area contributed by atoms with Gasteiger partial charge in [-0.05, 0) is 30.3 Å². The predicted molar refractivity (Wildman–Crippen MR) is 135 cm³/mol. The number of allylic oxidation sites excluding steroid dienone is 1. The quantitative estimate of drug-likeness (QED) is 0.255. The van der Waals surface area contributed by atoms with Crippen LogP contribution in [0.15, 0.2) is 54.2 Å². The van der Waals surface area contributed by atoms with Crippen LogP contribution in [0.2, 0.25) is 20.1 Å². The fraction of sp³-hybridized carbons (Fsp3) is 0.143. The molecule has 3 aromatic rings. The predicted octanol–water partition coefficient (Wildman–Crippen LogP) is 5.99. The number of nitrogens with zero attached hydrogens (tertiary/aromatic N) is 3. The Morgan fingerprint density at radius 3 is 2.52 bits per heavy atom. The molecule has 2 aromatic carbocycles. The van der Waals surface area contributed by atoms with Crippen LogP contribution in [0.25, 0.3) is 0 Å². The maximum absolute atomic E-state index is 12.5. The molecule has 0 radical (unpaired) electrons. The lowest BCUT2D eigenvalue weighted by atomic mass is 10.3. The molecular formula is C21H17Cl4N5O2S. The number of hydrogen-bond donors (Lipinski definition) is 2. The Hall–Kier alpha value is -2.23. The average molecular weight is 545 g/mol. The number of thioether (sulfide) groups is 1. The number of carbonyl (C=O) groups is 2.